The van der Waals surface area contributed by atoms with Crippen molar-refractivity contribution in [1.29, 1.82) is 0 Å². The quantitative estimate of drug-likeness (QED) is 0.755. The van der Waals surface area contributed by atoms with Crippen LogP contribution in [0.15, 0.2) is 38.3 Å². The third-order valence-corrected chi connectivity index (χ3v) is 4.46. The van der Waals surface area contributed by atoms with E-state index < -0.39 is 11.2 Å². The summed E-state index contributed by atoms with van der Waals surface area (Å²) in [6, 6.07) is 7.90. The maximum absolute atomic E-state index is 12.3. The van der Waals surface area contributed by atoms with Crippen LogP contribution in [-0.2, 0) is 13.1 Å². The van der Waals surface area contributed by atoms with E-state index in [9.17, 15) is 9.59 Å². The molecule has 0 fully saturated rings. The number of nitrogen functional groups attached to an aromatic ring is 1. The molecule has 0 aliphatic carbocycles. The summed E-state index contributed by atoms with van der Waals surface area (Å²) in [6.07, 6.45) is 1.77. The molecule has 2 aromatic rings. The Labute approximate surface area is 149 Å². The first-order chi connectivity index (χ1) is 11.5. The molecule has 24 heavy (non-hydrogen) atoms. The fourth-order valence-corrected chi connectivity index (χ4v) is 2.84. The van der Waals surface area contributed by atoms with Crippen LogP contribution in [0.4, 0.5) is 11.5 Å². The second-order valence-corrected chi connectivity index (χ2v) is 6.55. The van der Waals surface area contributed by atoms with Gasteiger partial charge >= 0.3 is 5.69 Å². The highest BCUT2D eigenvalue weighted by molar-refractivity contribution is 9.10. The van der Waals surface area contributed by atoms with Crippen LogP contribution in [0, 0.1) is 0 Å². The van der Waals surface area contributed by atoms with E-state index in [0.29, 0.717) is 25.3 Å². The second-order valence-electron chi connectivity index (χ2n) is 5.64. The molecule has 1 heterocycles. The van der Waals surface area contributed by atoms with E-state index in [1.165, 1.54) is 4.57 Å². The Bertz CT molecular complexity index is 796. The first-order valence-corrected chi connectivity index (χ1v) is 8.89. The average Bonchev–Trinajstić information content (AvgIpc) is 2.55. The summed E-state index contributed by atoms with van der Waals surface area (Å²) in [5.41, 5.74) is 6.70. The van der Waals surface area contributed by atoms with Crippen LogP contribution in [0.2, 0.25) is 0 Å². The molecule has 0 amide bonds. The lowest BCUT2D eigenvalue weighted by Gasteiger charge is -2.25. The van der Waals surface area contributed by atoms with Gasteiger partial charge in [-0.3, -0.25) is 14.3 Å². The van der Waals surface area contributed by atoms with Gasteiger partial charge in [0.25, 0.3) is 5.56 Å². The number of hydrogen-bond acceptors (Lipinski definition) is 4. The van der Waals surface area contributed by atoms with Gasteiger partial charge in [0.15, 0.2) is 0 Å². The van der Waals surface area contributed by atoms with Crippen molar-refractivity contribution in [3.63, 3.8) is 0 Å². The number of aromatic nitrogens is 2. The summed E-state index contributed by atoms with van der Waals surface area (Å²) in [6.45, 7) is 5.65. The number of anilines is 2. The minimum Gasteiger partial charge on any atom is -0.383 e. The lowest BCUT2D eigenvalue weighted by Crippen LogP contribution is -2.38. The van der Waals surface area contributed by atoms with E-state index in [4.69, 9.17) is 5.73 Å². The largest absolute Gasteiger partial charge is 0.383 e. The second kappa shape index (κ2) is 8.19. The van der Waals surface area contributed by atoms with Crippen molar-refractivity contribution in [1.82, 2.24) is 9.55 Å². The number of nitrogens with zero attached hydrogens (tertiary/aromatic N) is 2. The Hall–Kier alpha value is -2.02. The number of aromatic amines is 1. The predicted molar refractivity (Wildman–Crippen MR) is 102 cm³/mol. The maximum atomic E-state index is 12.3. The highest BCUT2D eigenvalue weighted by Gasteiger charge is 2.17. The van der Waals surface area contributed by atoms with E-state index >= 15 is 0 Å². The minimum absolute atomic E-state index is 0.233. The van der Waals surface area contributed by atoms with Crippen LogP contribution in [0.3, 0.4) is 0 Å². The van der Waals surface area contributed by atoms with Crippen molar-refractivity contribution in [2.75, 3.05) is 17.2 Å². The zero-order valence-corrected chi connectivity index (χ0v) is 15.6. The number of halogens is 1. The molecule has 2 rings (SSSR count). The smallest absolute Gasteiger partial charge is 0.330 e. The van der Waals surface area contributed by atoms with Crippen molar-refractivity contribution in [3.8, 4) is 0 Å². The molecule has 0 spiro atoms. The summed E-state index contributed by atoms with van der Waals surface area (Å²) >= 11 is 3.41. The summed E-state index contributed by atoms with van der Waals surface area (Å²) in [5.74, 6) is 0.233. The Morgan fingerprint density at radius 3 is 2.46 bits per heavy atom. The first-order valence-electron chi connectivity index (χ1n) is 8.09. The number of rotatable bonds is 7. The number of benzene rings is 1. The van der Waals surface area contributed by atoms with Gasteiger partial charge in [0.05, 0.1) is 0 Å². The first kappa shape index (κ1) is 18.3. The van der Waals surface area contributed by atoms with Gasteiger partial charge in [-0.05, 0) is 31.0 Å². The molecule has 0 radical (unpaired) electrons. The number of H-pyrrole nitrogens is 1. The molecule has 0 unspecified atom stereocenters. The average molecular weight is 395 g/mol. The number of hydrogen-bond donors (Lipinski definition) is 2. The van der Waals surface area contributed by atoms with E-state index in [1.807, 2.05) is 43.0 Å². The molecule has 0 atom stereocenters. The number of nitrogens with one attached hydrogen (secondary N) is 1. The van der Waals surface area contributed by atoms with Gasteiger partial charge in [-0.2, -0.15) is 0 Å². The van der Waals surface area contributed by atoms with Crippen LogP contribution in [0.5, 0.6) is 0 Å². The molecule has 1 aromatic heterocycles. The third-order valence-electron chi connectivity index (χ3n) is 3.93. The standard InChI is InChI=1S/C17H23BrN4O2/c1-3-5-10-22-15(19)14(16(23)20-17(22)24)21(4-2)11-12-6-8-13(18)9-7-12/h6-9H,3-5,10-11,19H2,1-2H3,(H,20,23,24). The van der Waals surface area contributed by atoms with Crippen LogP contribution in [0.25, 0.3) is 0 Å². The Balaban J connectivity index is 2.41. The molecule has 0 bridgehead atoms. The van der Waals surface area contributed by atoms with Gasteiger partial charge in [0.1, 0.15) is 11.5 Å². The topological polar surface area (TPSA) is 84.1 Å². The lowest BCUT2D eigenvalue weighted by atomic mass is 10.2. The molecule has 0 saturated carbocycles. The molecule has 0 aliphatic heterocycles. The van der Waals surface area contributed by atoms with Crippen molar-refractivity contribution < 1.29 is 0 Å². The Kier molecular flexibility index (Phi) is 6.25. The minimum atomic E-state index is -0.450. The predicted octanol–water partition coefficient (Wildman–Crippen LogP) is 2.71. The zero-order valence-electron chi connectivity index (χ0n) is 14.0. The van der Waals surface area contributed by atoms with Gasteiger partial charge in [0.2, 0.25) is 0 Å². The van der Waals surface area contributed by atoms with Gasteiger partial charge in [-0.25, -0.2) is 4.79 Å². The molecular weight excluding hydrogens is 372 g/mol. The lowest BCUT2D eigenvalue weighted by molar-refractivity contribution is 0.602. The van der Waals surface area contributed by atoms with Gasteiger partial charge < -0.3 is 10.6 Å². The molecule has 0 saturated heterocycles. The molecule has 6 nitrogen and oxygen atoms in total. The normalized spacial score (nSPS) is 10.8. The van der Waals surface area contributed by atoms with Crippen LogP contribution in [-0.4, -0.2) is 16.1 Å². The summed E-state index contributed by atoms with van der Waals surface area (Å²) in [7, 11) is 0. The summed E-state index contributed by atoms with van der Waals surface area (Å²) in [4.78, 5) is 28.6. The van der Waals surface area contributed by atoms with Crippen LogP contribution >= 0.6 is 15.9 Å². The number of unbranched alkanes of at least 4 members (excludes halogenated alkanes) is 1. The Morgan fingerprint density at radius 1 is 1.21 bits per heavy atom. The van der Waals surface area contributed by atoms with E-state index in [1.54, 1.807) is 0 Å². The van der Waals surface area contributed by atoms with Gasteiger partial charge in [-0.1, -0.05) is 41.4 Å². The van der Waals surface area contributed by atoms with Gasteiger partial charge in [0, 0.05) is 24.1 Å². The van der Waals surface area contributed by atoms with Crippen molar-refractivity contribution in [3.05, 3.63) is 55.1 Å². The SMILES string of the molecule is CCCCn1c(N)c(N(CC)Cc2ccc(Br)cc2)c(=O)[nH]c1=O. The van der Waals surface area contributed by atoms with Crippen molar-refractivity contribution >= 4 is 27.4 Å². The van der Waals surface area contributed by atoms with Crippen molar-refractivity contribution in [2.45, 2.75) is 39.8 Å². The number of nitrogens with two attached hydrogens (primary N) is 1. The van der Waals surface area contributed by atoms with E-state index in [-0.39, 0.29) is 5.82 Å². The summed E-state index contributed by atoms with van der Waals surface area (Å²) < 4.78 is 2.45. The molecule has 7 heteroatoms. The summed E-state index contributed by atoms with van der Waals surface area (Å²) in [5, 5.41) is 0. The van der Waals surface area contributed by atoms with Crippen molar-refractivity contribution in [2.24, 2.45) is 0 Å². The highest BCUT2D eigenvalue weighted by Crippen LogP contribution is 2.20. The fourth-order valence-electron chi connectivity index (χ4n) is 2.58. The highest BCUT2D eigenvalue weighted by atomic mass is 79.9. The molecule has 1 aromatic carbocycles. The zero-order chi connectivity index (χ0) is 17.7. The maximum Gasteiger partial charge on any atom is 0.330 e. The molecule has 3 N–H and O–H groups in total. The van der Waals surface area contributed by atoms with Crippen LogP contribution in [0.1, 0.15) is 32.3 Å². The molecule has 130 valence electrons. The molecule has 0 aliphatic rings. The monoisotopic (exact) mass is 394 g/mol. The Morgan fingerprint density at radius 2 is 1.88 bits per heavy atom. The van der Waals surface area contributed by atoms with Crippen LogP contribution < -0.4 is 21.9 Å². The third kappa shape index (κ3) is 4.08. The van der Waals surface area contributed by atoms with E-state index in [2.05, 4.69) is 20.9 Å². The van der Waals surface area contributed by atoms with Gasteiger partial charge in [-0.15, -0.1) is 0 Å². The molecular formula is C17H23BrN4O2. The van der Waals surface area contributed by atoms with E-state index in [0.717, 1.165) is 22.9 Å². The fraction of sp³-hybridized carbons (Fsp3) is 0.412.